The summed E-state index contributed by atoms with van der Waals surface area (Å²) in [6.45, 7) is 9.60. The summed E-state index contributed by atoms with van der Waals surface area (Å²) in [7, 11) is 9.25. The molecule has 0 spiro atoms. The van der Waals surface area contributed by atoms with Gasteiger partial charge in [-0.15, -0.1) is 0 Å². The molecule has 3 aliphatic heterocycles. The van der Waals surface area contributed by atoms with E-state index in [0.29, 0.717) is 35.9 Å². The van der Waals surface area contributed by atoms with Gasteiger partial charge in [0.25, 0.3) is 0 Å². The highest BCUT2D eigenvalue weighted by atomic mass is 35.5. The first-order valence-corrected chi connectivity index (χ1v) is 26.4. The van der Waals surface area contributed by atoms with Gasteiger partial charge in [0.05, 0.1) is 25.3 Å². The van der Waals surface area contributed by atoms with Gasteiger partial charge in [-0.05, 0) is 76.5 Å². The Morgan fingerprint density at radius 2 is 1.85 bits per heavy atom. The average molecular weight is 994 g/mol. The lowest BCUT2D eigenvalue weighted by atomic mass is 9.90. The Kier molecular flexibility index (Phi) is 20.2. The summed E-state index contributed by atoms with van der Waals surface area (Å²) in [6.07, 6.45) is 10.6. The summed E-state index contributed by atoms with van der Waals surface area (Å²) in [5.41, 5.74) is -0.921. The van der Waals surface area contributed by atoms with Crippen LogP contribution in [0.15, 0.2) is 35.9 Å². The third-order valence-corrected chi connectivity index (χ3v) is 16.9. The normalized spacial score (nSPS) is 30.6. The molecule has 4 unspecified atom stereocenters. The van der Waals surface area contributed by atoms with E-state index in [1.54, 1.807) is 73.8 Å². The second-order valence-corrected chi connectivity index (χ2v) is 22.3. The van der Waals surface area contributed by atoms with Gasteiger partial charge in [-0.2, -0.15) is 0 Å². The third kappa shape index (κ3) is 15.3. The quantitative estimate of drug-likeness (QED) is 0.0704. The Morgan fingerprint density at radius 1 is 1.10 bits per heavy atom. The van der Waals surface area contributed by atoms with Gasteiger partial charge in [-0.3, -0.25) is 19.7 Å². The van der Waals surface area contributed by atoms with Gasteiger partial charge in [0.15, 0.2) is 5.72 Å². The zero-order chi connectivity index (χ0) is 49.1. The number of alkyl carbamates (subject to hydrolysis) is 1. The van der Waals surface area contributed by atoms with E-state index in [2.05, 4.69) is 24.5 Å². The van der Waals surface area contributed by atoms with E-state index in [1.165, 1.54) is 43.3 Å². The topological polar surface area (TPSA) is 186 Å². The van der Waals surface area contributed by atoms with Crippen molar-refractivity contribution in [1.82, 2.24) is 15.5 Å². The highest BCUT2D eigenvalue weighted by molar-refractivity contribution is 8.76. The number of fused-ring (bicyclic) bond motifs is 5. The van der Waals surface area contributed by atoms with Crippen molar-refractivity contribution in [3.63, 3.8) is 0 Å². The lowest BCUT2D eigenvalue weighted by molar-refractivity contribution is -0.161. The van der Waals surface area contributed by atoms with Crippen LogP contribution in [0.4, 0.5) is 10.5 Å². The van der Waals surface area contributed by atoms with Crippen molar-refractivity contribution < 1.29 is 52.8 Å². The van der Waals surface area contributed by atoms with E-state index in [1.807, 2.05) is 13.0 Å². The SMILES string of the molecule is COc1cc2cc(c1Cl)N(C)C(=O)C[C@H](OC(=O)[C@H](C)N(C)C(=O)CCSSC(C)CCC(=O)NC1CCCCCC(C)CC1)C1(C)O[C@H]1C[C@@H]1C[C@@](O)(NC(=O)O1)[C@H](OC)/C=C/C=C(\C)C2. The molecular formula is C49H73ClN4O11S2. The number of anilines is 1. The fourth-order valence-electron chi connectivity index (χ4n) is 9.00. The first-order chi connectivity index (χ1) is 31.8. The number of nitrogens with zero attached hydrogens (tertiary/aromatic N) is 2. The number of likely N-dealkylation sites (N-methyl/N-ethyl adjacent to an activating group) is 1. The number of rotatable bonds is 14. The van der Waals surface area contributed by atoms with Gasteiger partial charge in [0.2, 0.25) is 17.7 Å². The number of amides is 4. The predicted octanol–water partition coefficient (Wildman–Crippen LogP) is 8.07. The average Bonchev–Trinajstić information content (AvgIpc) is 3.92. The molecule has 0 radical (unpaired) electrons. The van der Waals surface area contributed by atoms with Gasteiger partial charge < -0.3 is 43.9 Å². The Labute approximate surface area is 409 Å². The van der Waals surface area contributed by atoms with E-state index >= 15 is 0 Å². The van der Waals surface area contributed by atoms with Gasteiger partial charge in [-0.25, -0.2) is 9.59 Å². The van der Waals surface area contributed by atoms with Crippen LogP contribution in [0.3, 0.4) is 0 Å². The summed E-state index contributed by atoms with van der Waals surface area (Å²) in [5.74, 6) is 0.256. The fourth-order valence-corrected chi connectivity index (χ4v) is 11.6. The lowest BCUT2D eigenvalue weighted by Gasteiger charge is -2.40. The van der Waals surface area contributed by atoms with Crippen molar-refractivity contribution in [1.29, 1.82) is 0 Å². The van der Waals surface area contributed by atoms with Crippen LogP contribution in [0, 0.1) is 5.92 Å². The highest BCUT2D eigenvalue weighted by Crippen LogP contribution is 2.47. The standard InChI is InChI=1S/C49H73ClN4O11S2/c1-30-14-11-10-12-16-35(20-18-30)51-42(55)21-19-32(3)67-66-23-22-43(56)53(6)33(4)46(58)64-40-28-44(57)54(7)37-25-34(26-38(61-8)45(37)50)24-31(2)15-13-17-39(62-9)49(60)29-36(63-47(59)52-49)27-41-48(40,5)65-41/h13,15,17,25-26,30,32-33,35-36,39-41,60H,10-12,14,16,18-24,27-29H2,1-9H3,(H,51,55)(H,52,59)/b17-13+,31-15+/t30?,32?,33-,35?,36+,39+,40-,41-,48?,49-/m0/s1. The second kappa shape index (κ2) is 24.9. The number of aliphatic hydroxyl groups is 1. The molecule has 3 heterocycles. The molecule has 2 saturated heterocycles. The Morgan fingerprint density at radius 3 is 2.58 bits per heavy atom. The van der Waals surface area contributed by atoms with Crippen molar-refractivity contribution >= 4 is 68.7 Å². The number of esters is 1. The highest BCUT2D eigenvalue weighted by Gasteiger charge is 2.61. The van der Waals surface area contributed by atoms with Gasteiger partial charge in [-0.1, -0.05) is 96.5 Å². The monoisotopic (exact) mass is 992 g/mol. The molecule has 1 aliphatic carbocycles. The maximum atomic E-state index is 14.2. The molecule has 15 nitrogen and oxygen atoms in total. The Bertz CT molecular complexity index is 1970. The number of hydrogen-bond acceptors (Lipinski definition) is 13. The molecule has 3 fully saturated rings. The summed E-state index contributed by atoms with van der Waals surface area (Å²) in [6, 6.07) is 2.84. The van der Waals surface area contributed by atoms with E-state index < -0.39 is 59.8 Å². The van der Waals surface area contributed by atoms with E-state index in [4.69, 9.17) is 35.3 Å². The zero-order valence-corrected chi connectivity index (χ0v) is 43.1. The van der Waals surface area contributed by atoms with Crippen molar-refractivity contribution in [2.75, 3.05) is 39.0 Å². The lowest BCUT2D eigenvalue weighted by Crippen LogP contribution is -2.62. The Hall–Kier alpha value is -3.48. The molecule has 4 aliphatic rings. The van der Waals surface area contributed by atoms with Crippen LogP contribution in [-0.4, -0.2) is 127 Å². The van der Waals surface area contributed by atoms with Crippen LogP contribution in [0.1, 0.15) is 124 Å². The first kappa shape index (κ1) is 54.5. The van der Waals surface area contributed by atoms with E-state index in [-0.39, 0.29) is 53.8 Å². The minimum absolute atomic E-state index is 0.0485. The molecule has 1 saturated carbocycles. The maximum absolute atomic E-state index is 14.2. The number of benzene rings is 1. The summed E-state index contributed by atoms with van der Waals surface area (Å²) >= 11 is 6.80. The molecule has 1 aromatic rings. The number of halogens is 1. The van der Waals surface area contributed by atoms with Gasteiger partial charge in [0, 0.05) is 63.9 Å². The number of nitrogens with one attached hydrogen (secondary N) is 2. The van der Waals surface area contributed by atoms with Crippen molar-refractivity contribution in [3.05, 3.63) is 46.5 Å². The maximum Gasteiger partial charge on any atom is 0.409 e. The molecule has 4 bridgehead atoms. The van der Waals surface area contributed by atoms with Crippen LogP contribution in [0.25, 0.3) is 0 Å². The molecule has 5 rings (SSSR count). The molecule has 0 aromatic heterocycles. The number of epoxide rings is 1. The van der Waals surface area contributed by atoms with Crippen molar-refractivity contribution in [2.45, 2.75) is 178 Å². The summed E-state index contributed by atoms with van der Waals surface area (Å²) in [4.78, 5) is 70.0. The zero-order valence-electron chi connectivity index (χ0n) is 40.7. The van der Waals surface area contributed by atoms with Crippen LogP contribution in [0.2, 0.25) is 5.02 Å². The van der Waals surface area contributed by atoms with Crippen molar-refractivity contribution in [2.24, 2.45) is 5.92 Å². The molecular weight excluding hydrogens is 920 g/mol. The number of carbonyl (C=O) groups excluding carboxylic acids is 5. The van der Waals surface area contributed by atoms with Crippen LogP contribution in [-0.2, 0) is 44.5 Å². The third-order valence-electron chi connectivity index (χ3n) is 13.6. The molecule has 18 heteroatoms. The number of methoxy groups -OCH3 is 2. The van der Waals surface area contributed by atoms with E-state index in [0.717, 1.165) is 43.2 Å². The number of carbonyl (C=O) groups is 5. The minimum Gasteiger partial charge on any atom is -0.495 e. The van der Waals surface area contributed by atoms with Crippen LogP contribution in [0.5, 0.6) is 5.75 Å². The predicted molar refractivity (Wildman–Crippen MR) is 263 cm³/mol. The largest absolute Gasteiger partial charge is 0.495 e. The van der Waals surface area contributed by atoms with Crippen LogP contribution < -0.4 is 20.3 Å². The smallest absolute Gasteiger partial charge is 0.409 e. The summed E-state index contributed by atoms with van der Waals surface area (Å²) < 4.78 is 29.2. The van der Waals surface area contributed by atoms with Crippen molar-refractivity contribution in [3.8, 4) is 5.75 Å². The molecule has 3 N–H and O–H groups in total. The number of allylic oxidation sites excluding steroid dienone is 3. The van der Waals surface area contributed by atoms with Gasteiger partial charge >= 0.3 is 12.1 Å². The molecule has 4 amide bonds. The van der Waals surface area contributed by atoms with Gasteiger partial charge in [0.1, 0.15) is 40.7 Å². The van der Waals surface area contributed by atoms with Crippen LogP contribution >= 0.6 is 33.2 Å². The Balaban J connectivity index is 1.23. The molecule has 1 aromatic carbocycles. The first-order valence-electron chi connectivity index (χ1n) is 23.7. The summed E-state index contributed by atoms with van der Waals surface area (Å²) in [5, 5.41) is 17.9. The minimum atomic E-state index is -1.82. The van der Waals surface area contributed by atoms with E-state index in [9.17, 15) is 29.1 Å². The fraction of sp³-hybridized carbons (Fsp3) is 0.694. The second-order valence-electron chi connectivity index (χ2n) is 19.0. The molecule has 67 heavy (non-hydrogen) atoms. The number of ether oxygens (including phenoxy) is 5. The molecule has 374 valence electrons. The molecule has 10 atom stereocenters. The number of hydrogen-bond donors (Lipinski definition) is 3.